The van der Waals surface area contributed by atoms with Gasteiger partial charge in [-0.25, -0.2) is 12.7 Å². The number of carbonyl (C=O) groups is 1. The molecule has 0 unspecified atom stereocenters. The molecule has 1 aliphatic heterocycles. The topological polar surface area (TPSA) is 105 Å². The highest BCUT2D eigenvalue weighted by Gasteiger charge is 2.30. The number of benzene rings is 1. The molecular weight excluding hydrogens is 356 g/mol. The summed E-state index contributed by atoms with van der Waals surface area (Å²) in [7, 11) is -3.28. The van der Waals surface area contributed by atoms with Crippen molar-refractivity contribution < 1.29 is 17.7 Å². The average molecular weight is 378 g/mol. The second-order valence-electron chi connectivity index (χ2n) is 6.50. The largest absolute Gasteiger partial charge is 0.347 e. The van der Waals surface area contributed by atoms with Crippen molar-refractivity contribution in [2.75, 3.05) is 19.3 Å². The monoisotopic (exact) mass is 378 g/mol. The molecule has 1 aromatic carbocycles. The van der Waals surface area contributed by atoms with Gasteiger partial charge in [0.25, 0.3) is 0 Å². The van der Waals surface area contributed by atoms with E-state index in [4.69, 9.17) is 4.52 Å². The van der Waals surface area contributed by atoms with Crippen molar-refractivity contribution in [2.24, 2.45) is 5.92 Å². The minimum absolute atomic E-state index is 0.118. The molecule has 1 atom stereocenters. The minimum Gasteiger partial charge on any atom is -0.347 e. The van der Waals surface area contributed by atoms with E-state index in [1.807, 2.05) is 31.2 Å². The zero-order valence-corrected chi connectivity index (χ0v) is 15.6. The Kier molecular flexibility index (Phi) is 5.38. The van der Waals surface area contributed by atoms with E-state index in [9.17, 15) is 13.2 Å². The number of rotatable bonds is 5. The van der Waals surface area contributed by atoms with Gasteiger partial charge in [0, 0.05) is 18.7 Å². The Morgan fingerprint density at radius 1 is 1.38 bits per heavy atom. The third-order valence-electron chi connectivity index (χ3n) is 4.49. The Hall–Kier alpha value is -2.26. The fraction of sp³-hybridized carbons (Fsp3) is 0.471. The molecule has 140 valence electrons. The number of nitrogens with zero attached hydrogens (tertiary/aromatic N) is 3. The first-order valence-electron chi connectivity index (χ1n) is 8.46. The van der Waals surface area contributed by atoms with Crippen LogP contribution in [0.3, 0.4) is 0 Å². The molecule has 26 heavy (non-hydrogen) atoms. The average Bonchev–Trinajstić information content (AvgIpc) is 3.08. The van der Waals surface area contributed by atoms with Crippen molar-refractivity contribution in [2.45, 2.75) is 26.3 Å². The van der Waals surface area contributed by atoms with Crippen molar-refractivity contribution in [3.63, 3.8) is 0 Å². The number of aryl methyl sites for hydroxylation is 1. The molecule has 1 amide bonds. The standard InChI is InChI=1S/C17H22N4O4S/c1-12-6-3-4-8-14(12)16-19-15(25-20-16)10-18-17(22)13-7-5-9-21(11-13)26(2,23)24/h3-4,6,8,13H,5,7,9-11H2,1-2H3,(H,18,22)/t13-/m1/s1. The summed E-state index contributed by atoms with van der Waals surface area (Å²) < 4.78 is 29.9. The van der Waals surface area contributed by atoms with Gasteiger partial charge >= 0.3 is 0 Å². The second-order valence-corrected chi connectivity index (χ2v) is 8.49. The number of hydrogen-bond donors (Lipinski definition) is 1. The predicted octanol–water partition coefficient (Wildman–Crippen LogP) is 1.33. The number of aromatic nitrogens is 2. The fourth-order valence-electron chi connectivity index (χ4n) is 3.02. The molecule has 1 aliphatic rings. The molecule has 0 radical (unpaired) electrons. The third-order valence-corrected chi connectivity index (χ3v) is 5.76. The highest BCUT2D eigenvalue weighted by molar-refractivity contribution is 7.88. The van der Waals surface area contributed by atoms with Crippen LogP contribution in [0, 0.1) is 12.8 Å². The smallest absolute Gasteiger partial charge is 0.246 e. The summed E-state index contributed by atoms with van der Waals surface area (Å²) >= 11 is 0. The molecular formula is C17H22N4O4S. The molecule has 0 saturated carbocycles. The van der Waals surface area contributed by atoms with E-state index in [1.54, 1.807) is 0 Å². The molecule has 2 heterocycles. The molecule has 0 aliphatic carbocycles. The molecule has 1 saturated heterocycles. The number of sulfonamides is 1. The maximum Gasteiger partial charge on any atom is 0.246 e. The van der Waals surface area contributed by atoms with Crippen molar-refractivity contribution >= 4 is 15.9 Å². The summed E-state index contributed by atoms with van der Waals surface area (Å²) in [5.41, 5.74) is 1.91. The normalized spacial score (nSPS) is 18.6. The van der Waals surface area contributed by atoms with Gasteiger partial charge in [-0.3, -0.25) is 4.79 Å². The molecule has 0 spiro atoms. The third kappa shape index (κ3) is 4.28. The lowest BCUT2D eigenvalue weighted by Gasteiger charge is -2.29. The minimum atomic E-state index is -3.28. The molecule has 1 aromatic heterocycles. The first-order valence-corrected chi connectivity index (χ1v) is 10.3. The van der Waals surface area contributed by atoms with E-state index in [-0.39, 0.29) is 24.9 Å². The highest BCUT2D eigenvalue weighted by atomic mass is 32.2. The van der Waals surface area contributed by atoms with Crippen molar-refractivity contribution in [3.05, 3.63) is 35.7 Å². The second kappa shape index (κ2) is 7.55. The zero-order valence-electron chi connectivity index (χ0n) is 14.8. The number of nitrogens with one attached hydrogen (secondary N) is 1. The quantitative estimate of drug-likeness (QED) is 0.841. The van der Waals surface area contributed by atoms with E-state index < -0.39 is 10.0 Å². The van der Waals surface area contributed by atoms with Crippen LogP contribution >= 0.6 is 0 Å². The highest BCUT2D eigenvalue weighted by Crippen LogP contribution is 2.21. The van der Waals surface area contributed by atoms with E-state index in [2.05, 4.69) is 15.5 Å². The number of carbonyl (C=O) groups excluding carboxylic acids is 1. The molecule has 1 N–H and O–H groups in total. The molecule has 2 aromatic rings. The molecule has 8 nitrogen and oxygen atoms in total. The van der Waals surface area contributed by atoms with Crippen LogP contribution in [0.15, 0.2) is 28.8 Å². The van der Waals surface area contributed by atoms with Crippen LogP contribution in [0.5, 0.6) is 0 Å². The van der Waals surface area contributed by atoms with Gasteiger partial charge in [0.1, 0.15) is 0 Å². The van der Waals surface area contributed by atoms with Crippen LogP contribution in [0.4, 0.5) is 0 Å². The van der Waals surface area contributed by atoms with Gasteiger partial charge < -0.3 is 9.84 Å². The van der Waals surface area contributed by atoms with Gasteiger partial charge in [-0.1, -0.05) is 29.4 Å². The summed E-state index contributed by atoms with van der Waals surface area (Å²) in [4.78, 5) is 16.7. The van der Waals surface area contributed by atoms with Gasteiger partial charge in [0.2, 0.25) is 27.6 Å². The van der Waals surface area contributed by atoms with Crippen molar-refractivity contribution in [1.82, 2.24) is 19.8 Å². The maximum atomic E-state index is 12.4. The van der Waals surface area contributed by atoms with Crippen molar-refractivity contribution in [3.8, 4) is 11.4 Å². The van der Waals surface area contributed by atoms with Crippen LogP contribution in [0.25, 0.3) is 11.4 Å². The van der Waals surface area contributed by atoms with Gasteiger partial charge in [-0.15, -0.1) is 0 Å². The van der Waals surface area contributed by atoms with Crippen LogP contribution in [-0.4, -0.2) is 48.1 Å². The van der Waals surface area contributed by atoms with Gasteiger partial charge in [0.15, 0.2) is 0 Å². The first kappa shape index (κ1) is 18.5. The summed E-state index contributed by atoms with van der Waals surface area (Å²) in [6.45, 7) is 2.76. The van der Waals surface area contributed by atoms with Crippen molar-refractivity contribution in [1.29, 1.82) is 0 Å². The summed E-state index contributed by atoms with van der Waals surface area (Å²) in [6.07, 6.45) is 2.50. The summed E-state index contributed by atoms with van der Waals surface area (Å²) in [5, 5.41) is 6.72. The number of amides is 1. The Balaban J connectivity index is 1.59. The molecule has 9 heteroatoms. The Morgan fingerprint density at radius 3 is 2.88 bits per heavy atom. The first-order chi connectivity index (χ1) is 12.3. The Morgan fingerprint density at radius 2 is 2.15 bits per heavy atom. The maximum absolute atomic E-state index is 12.4. The summed E-state index contributed by atoms with van der Waals surface area (Å²) in [6, 6.07) is 7.70. The van der Waals surface area contributed by atoms with Gasteiger partial charge in [0.05, 0.1) is 18.7 Å². The van der Waals surface area contributed by atoms with Crippen LogP contribution in [0.2, 0.25) is 0 Å². The van der Waals surface area contributed by atoms with E-state index in [1.165, 1.54) is 10.6 Å². The van der Waals surface area contributed by atoms with E-state index >= 15 is 0 Å². The lowest BCUT2D eigenvalue weighted by Crippen LogP contribution is -2.44. The summed E-state index contributed by atoms with van der Waals surface area (Å²) in [5.74, 6) is 0.229. The molecule has 0 bridgehead atoms. The Labute approximate surface area is 152 Å². The molecule has 1 fully saturated rings. The lowest BCUT2D eigenvalue weighted by molar-refractivity contribution is -0.126. The van der Waals surface area contributed by atoms with Crippen LogP contribution < -0.4 is 5.32 Å². The predicted molar refractivity (Wildman–Crippen MR) is 95.5 cm³/mol. The molecule has 3 rings (SSSR count). The number of hydrogen-bond acceptors (Lipinski definition) is 6. The van der Waals surface area contributed by atoms with Crippen LogP contribution in [-0.2, 0) is 21.4 Å². The fourth-order valence-corrected chi connectivity index (χ4v) is 3.94. The van der Waals surface area contributed by atoms with E-state index in [0.29, 0.717) is 31.1 Å². The Bertz CT molecular complexity index is 894. The SMILES string of the molecule is Cc1ccccc1-c1noc(CNC(=O)[C@@H]2CCCN(S(C)(=O)=O)C2)n1. The van der Waals surface area contributed by atoms with Crippen LogP contribution in [0.1, 0.15) is 24.3 Å². The zero-order chi connectivity index (χ0) is 18.7. The lowest BCUT2D eigenvalue weighted by atomic mass is 9.99. The van der Waals surface area contributed by atoms with E-state index in [0.717, 1.165) is 11.1 Å². The number of piperidine rings is 1. The van der Waals surface area contributed by atoms with Gasteiger partial charge in [-0.2, -0.15) is 4.98 Å². The van der Waals surface area contributed by atoms with Gasteiger partial charge in [-0.05, 0) is 25.3 Å².